The summed E-state index contributed by atoms with van der Waals surface area (Å²) in [5.41, 5.74) is 1.57. The second-order valence-electron chi connectivity index (χ2n) is 8.58. The Balaban J connectivity index is 1.50. The number of sulfonamides is 2. The van der Waals surface area contributed by atoms with Crippen molar-refractivity contribution in [3.8, 4) is 0 Å². The fourth-order valence-electron chi connectivity index (χ4n) is 3.94. The molecule has 1 aromatic heterocycles. The number of nitrogens with one attached hydrogen (secondary N) is 2. The van der Waals surface area contributed by atoms with Crippen molar-refractivity contribution in [1.29, 1.82) is 0 Å². The highest BCUT2D eigenvalue weighted by Gasteiger charge is 2.43. The van der Waals surface area contributed by atoms with E-state index in [9.17, 15) is 34.8 Å². The highest BCUT2D eigenvalue weighted by atomic mass is 32.2. The molecule has 2 N–H and O–H groups in total. The molecule has 3 aromatic rings. The molecule has 1 aliphatic heterocycles. The summed E-state index contributed by atoms with van der Waals surface area (Å²) >= 11 is 0. The van der Waals surface area contributed by atoms with Crippen LogP contribution in [0.15, 0.2) is 58.3 Å². The van der Waals surface area contributed by atoms with Gasteiger partial charge in [-0.25, -0.2) is 26.8 Å². The molecule has 2 aromatic carbocycles. The van der Waals surface area contributed by atoms with Gasteiger partial charge in [0, 0.05) is 30.5 Å². The number of anilines is 2. The van der Waals surface area contributed by atoms with Gasteiger partial charge in [-0.05, 0) is 67.8 Å². The molecule has 0 radical (unpaired) electrons. The summed E-state index contributed by atoms with van der Waals surface area (Å²) < 4.78 is 94.4. The first-order valence-electron chi connectivity index (χ1n) is 11.1. The molecule has 1 aliphatic rings. The molecule has 0 unspecified atom stereocenters. The summed E-state index contributed by atoms with van der Waals surface area (Å²) in [6, 6.07) is 10.4. The van der Waals surface area contributed by atoms with Gasteiger partial charge in [-0.3, -0.25) is 14.2 Å². The lowest BCUT2D eigenvalue weighted by Crippen LogP contribution is -2.43. The molecule has 0 saturated carbocycles. The summed E-state index contributed by atoms with van der Waals surface area (Å²) in [5, 5.41) is 0. The van der Waals surface area contributed by atoms with E-state index in [4.69, 9.17) is 0 Å². The number of carbonyl (C=O) groups excluding carboxylic acids is 1. The zero-order valence-electron chi connectivity index (χ0n) is 20.1. The van der Waals surface area contributed by atoms with E-state index in [2.05, 4.69) is 19.4 Å². The zero-order chi connectivity index (χ0) is 27.9. The van der Waals surface area contributed by atoms with Crippen LogP contribution in [0.25, 0.3) is 0 Å². The maximum Gasteiger partial charge on any atom is 0.471 e. The first kappa shape index (κ1) is 27.3. The maximum atomic E-state index is 12.9. The van der Waals surface area contributed by atoms with Crippen LogP contribution in [0.1, 0.15) is 22.6 Å². The third-order valence-corrected chi connectivity index (χ3v) is 8.40. The van der Waals surface area contributed by atoms with Gasteiger partial charge in [-0.1, -0.05) is 6.07 Å². The predicted molar refractivity (Wildman–Crippen MR) is 131 cm³/mol. The van der Waals surface area contributed by atoms with Crippen molar-refractivity contribution in [2.24, 2.45) is 0 Å². The molecule has 0 fully saturated rings. The Morgan fingerprint density at radius 3 is 2.13 bits per heavy atom. The number of nitrogens with zero attached hydrogens (tertiary/aromatic N) is 3. The molecular formula is C23H22F3N5O5S2. The van der Waals surface area contributed by atoms with Crippen LogP contribution >= 0.6 is 0 Å². The van der Waals surface area contributed by atoms with Crippen LogP contribution < -0.4 is 9.44 Å². The standard InChI is InChI=1S/C23H22F3N5O5S2/c1-14-11-21(28-15(2)27-14)30-37(33,34)19-7-4-18(5-8-19)29-38(35,36)20-6-3-16-9-10-31(13-17(16)12-20)22(32)23(24,25)26/h3-8,11-12,29H,9-10,13H2,1-2H3,(H,27,28,30). The summed E-state index contributed by atoms with van der Waals surface area (Å²) in [4.78, 5) is 20.0. The van der Waals surface area contributed by atoms with Gasteiger partial charge in [-0.15, -0.1) is 0 Å². The van der Waals surface area contributed by atoms with Crippen LogP contribution in [0.4, 0.5) is 24.7 Å². The normalized spacial score (nSPS) is 14.1. The van der Waals surface area contributed by atoms with Gasteiger partial charge in [0.2, 0.25) is 0 Å². The van der Waals surface area contributed by atoms with Crippen LogP contribution in [0.2, 0.25) is 0 Å². The van der Waals surface area contributed by atoms with Crippen LogP contribution in [-0.4, -0.2) is 50.3 Å². The summed E-state index contributed by atoms with van der Waals surface area (Å²) in [6.45, 7) is 2.80. The molecule has 2 heterocycles. The Morgan fingerprint density at radius 1 is 0.868 bits per heavy atom. The number of benzene rings is 2. The van der Waals surface area contributed by atoms with Gasteiger partial charge in [0.25, 0.3) is 20.0 Å². The Hall–Kier alpha value is -3.72. The second-order valence-corrected chi connectivity index (χ2v) is 11.9. The van der Waals surface area contributed by atoms with Gasteiger partial charge in [-0.2, -0.15) is 13.2 Å². The van der Waals surface area contributed by atoms with Gasteiger partial charge in [0.15, 0.2) is 0 Å². The molecule has 38 heavy (non-hydrogen) atoms. The molecule has 0 spiro atoms. The van der Waals surface area contributed by atoms with Gasteiger partial charge in [0.1, 0.15) is 11.6 Å². The van der Waals surface area contributed by atoms with E-state index in [1.807, 2.05) is 0 Å². The molecule has 1 amide bonds. The number of rotatable bonds is 6. The van der Waals surface area contributed by atoms with E-state index in [-0.39, 0.29) is 40.8 Å². The number of aryl methyl sites for hydroxylation is 2. The molecule has 0 aliphatic carbocycles. The van der Waals surface area contributed by atoms with Gasteiger partial charge in [0.05, 0.1) is 9.79 Å². The SMILES string of the molecule is Cc1cc(NS(=O)(=O)c2ccc(NS(=O)(=O)c3ccc4c(c3)CN(C(=O)C(F)(F)F)CC4)cc2)nc(C)n1. The minimum absolute atomic E-state index is 0.0595. The largest absolute Gasteiger partial charge is 0.471 e. The number of aromatic nitrogens is 2. The number of halogens is 3. The Bertz CT molecular complexity index is 1590. The predicted octanol–water partition coefficient (Wildman–Crippen LogP) is 3.14. The minimum Gasteiger partial charge on any atom is -0.330 e. The Kier molecular flexibility index (Phi) is 7.09. The van der Waals surface area contributed by atoms with Gasteiger partial charge < -0.3 is 4.90 Å². The lowest BCUT2D eigenvalue weighted by Gasteiger charge is -2.29. The fourth-order valence-corrected chi connectivity index (χ4v) is 6.04. The van der Waals surface area contributed by atoms with Crippen molar-refractivity contribution in [1.82, 2.24) is 14.9 Å². The van der Waals surface area contributed by atoms with Crippen LogP contribution in [0, 0.1) is 13.8 Å². The average Bonchev–Trinajstić information content (AvgIpc) is 2.81. The number of hydrogen-bond donors (Lipinski definition) is 2. The third kappa shape index (κ3) is 6.05. The lowest BCUT2D eigenvalue weighted by atomic mass is 10.00. The minimum atomic E-state index is -5.02. The molecule has 0 bridgehead atoms. The summed E-state index contributed by atoms with van der Waals surface area (Å²) in [5.74, 6) is -1.51. The highest BCUT2D eigenvalue weighted by molar-refractivity contribution is 7.93. The van der Waals surface area contributed by atoms with Crippen LogP contribution in [0.3, 0.4) is 0 Å². The molecule has 15 heteroatoms. The number of hydrogen-bond acceptors (Lipinski definition) is 7. The lowest BCUT2D eigenvalue weighted by molar-refractivity contribution is -0.186. The second kappa shape index (κ2) is 9.87. The first-order valence-corrected chi connectivity index (χ1v) is 14.1. The molecule has 10 nitrogen and oxygen atoms in total. The van der Waals surface area contributed by atoms with E-state index in [0.717, 1.165) is 0 Å². The Morgan fingerprint density at radius 2 is 1.50 bits per heavy atom. The van der Waals surface area contributed by atoms with Crippen molar-refractivity contribution in [2.45, 2.75) is 42.8 Å². The topological polar surface area (TPSA) is 138 Å². The number of amides is 1. The smallest absolute Gasteiger partial charge is 0.330 e. The van der Waals surface area contributed by atoms with Crippen molar-refractivity contribution in [3.63, 3.8) is 0 Å². The molecule has 0 atom stereocenters. The number of alkyl halides is 3. The average molecular weight is 570 g/mol. The highest BCUT2D eigenvalue weighted by Crippen LogP contribution is 2.27. The molecule has 0 saturated heterocycles. The zero-order valence-corrected chi connectivity index (χ0v) is 21.7. The van der Waals surface area contributed by atoms with Crippen molar-refractivity contribution < 1.29 is 34.8 Å². The van der Waals surface area contributed by atoms with Crippen molar-refractivity contribution in [3.05, 3.63) is 71.2 Å². The number of carbonyl (C=O) groups is 1. The first-order chi connectivity index (χ1) is 17.6. The summed E-state index contributed by atoms with van der Waals surface area (Å²) in [6.07, 6.45) is -4.87. The third-order valence-electron chi connectivity index (χ3n) is 5.65. The van der Waals surface area contributed by atoms with E-state index in [1.165, 1.54) is 48.5 Å². The molecular weight excluding hydrogens is 547 g/mol. The quantitative estimate of drug-likeness (QED) is 0.465. The number of fused-ring (bicyclic) bond motifs is 1. The van der Waals surface area contributed by atoms with E-state index in [1.54, 1.807) is 13.8 Å². The van der Waals surface area contributed by atoms with E-state index < -0.39 is 32.1 Å². The maximum absolute atomic E-state index is 12.9. The molecule has 4 rings (SSSR count). The molecule has 202 valence electrons. The van der Waals surface area contributed by atoms with E-state index in [0.29, 0.717) is 27.5 Å². The summed E-state index contributed by atoms with van der Waals surface area (Å²) in [7, 11) is -8.20. The van der Waals surface area contributed by atoms with Crippen LogP contribution in [-0.2, 0) is 37.8 Å². The van der Waals surface area contributed by atoms with Gasteiger partial charge >= 0.3 is 12.1 Å². The monoisotopic (exact) mass is 569 g/mol. The fraction of sp³-hybridized carbons (Fsp3) is 0.261. The van der Waals surface area contributed by atoms with Crippen molar-refractivity contribution >= 4 is 37.5 Å². The van der Waals surface area contributed by atoms with Crippen molar-refractivity contribution in [2.75, 3.05) is 16.0 Å². The Labute approximate surface area is 217 Å². The van der Waals surface area contributed by atoms with Crippen LogP contribution in [0.5, 0.6) is 0 Å². The van der Waals surface area contributed by atoms with E-state index >= 15 is 0 Å².